The Balaban J connectivity index is 2.92. The monoisotopic (exact) mass is 210 g/mol. The van der Waals surface area contributed by atoms with Crippen LogP contribution in [-0.4, -0.2) is 12.5 Å². The first-order valence-electron chi connectivity index (χ1n) is 3.75. The second-order valence-corrected chi connectivity index (χ2v) is 2.89. The van der Waals surface area contributed by atoms with Crippen LogP contribution in [0.1, 0.15) is 5.56 Å². The van der Waals surface area contributed by atoms with Gasteiger partial charge < -0.3 is 10.5 Å². The summed E-state index contributed by atoms with van der Waals surface area (Å²) in [7, 11) is 0. The van der Waals surface area contributed by atoms with Gasteiger partial charge in [0.05, 0.1) is 5.02 Å². The molecule has 0 aliphatic rings. The molecule has 1 aromatic carbocycles. The summed E-state index contributed by atoms with van der Waals surface area (Å²) in [5, 5.41) is 9.02. The predicted octanol–water partition coefficient (Wildman–Crippen LogP) is 1.08. The van der Waals surface area contributed by atoms with E-state index < -0.39 is 5.91 Å². The minimum Gasteiger partial charge on any atom is -0.482 e. The number of hydrogen-bond donors (Lipinski definition) is 1. The number of carbonyl (C=O) groups is 1. The Morgan fingerprint density at radius 2 is 2.36 bits per heavy atom. The van der Waals surface area contributed by atoms with E-state index in [2.05, 4.69) is 0 Å². The van der Waals surface area contributed by atoms with Gasteiger partial charge in [-0.2, -0.15) is 5.26 Å². The zero-order valence-corrected chi connectivity index (χ0v) is 7.91. The van der Waals surface area contributed by atoms with Crippen LogP contribution in [0, 0.1) is 11.3 Å². The van der Waals surface area contributed by atoms with E-state index in [9.17, 15) is 4.79 Å². The van der Waals surface area contributed by atoms with Crippen molar-refractivity contribution in [2.24, 2.45) is 5.73 Å². The van der Waals surface area contributed by atoms with Gasteiger partial charge in [-0.15, -0.1) is 0 Å². The third kappa shape index (κ3) is 2.38. The molecule has 72 valence electrons. The van der Waals surface area contributed by atoms with Gasteiger partial charge in [0.2, 0.25) is 0 Å². The molecule has 0 fully saturated rings. The van der Waals surface area contributed by atoms with Crippen LogP contribution in [0.15, 0.2) is 18.2 Å². The van der Waals surface area contributed by atoms with Gasteiger partial charge in [0, 0.05) is 0 Å². The molecule has 0 spiro atoms. The van der Waals surface area contributed by atoms with E-state index in [1.54, 1.807) is 18.2 Å². The van der Waals surface area contributed by atoms with Crippen molar-refractivity contribution < 1.29 is 9.53 Å². The highest BCUT2D eigenvalue weighted by Crippen LogP contribution is 2.24. The van der Waals surface area contributed by atoms with Gasteiger partial charge in [0.25, 0.3) is 5.91 Å². The zero-order chi connectivity index (χ0) is 10.6. The molecule has 0 bridgehead atoms. The van der Waals surface area contributed by atoms with Gasteiger partial charge in [-0.25, -0.2) is 0 Å². The zero-order valence-electron chi connectivity index (χ0n) is 7.16. The standard InChI is InChI=1S/C9H7ClN2O2/c10-7-2-1-3-8(6(7)4-11)14-5-9(12)13/h1-3H,5H2,(H2,12,13). The van der Waals surface area contributed by atoms with Crippen molar-refractivity contribution in [1.29, 1.82) is 5.26 Å². The van der Waals surface area contributed by atoms with E-state index in [0.29, 0.717) is 0 Å². The van der Waals surface area contributed by atoms with Crippen molar-refractivity contribution >= 4 is 17.5 Å². The molecule has 1 rings (SSSR count). The average molecular weight is 211 g/mol. The van der Waals surface area contributed by atoms with Crippen LogP contribution < -0.4 is 10.5 Å². The summed E-state index contributed by atoms with van der Waals surface area (Å²) in [4.78, 5) is 10.4. The fourth-order valence-electron chi connectivity index (χ4n) is 0.882. The van der Waals surface area contributed by atoms with E-state index in [1.807, 2.05) is 6.07 Å². The van der Waals surface area contributed by atoms with E-state index in [1.165, 1.54) is 0 Å². The fraction of sp³-hybridized carbons (Fsp3) is 0.111. The fourth-order valence-corrected chi connectivity index (χ4v) is 1.09. The summed E-state index contributed by atoms with van der Waals surface area (Å²) < 4.78 is 4.99. The molecular weight excluding hydrogens is 204 g/mol. The molecule has 1 aromatic rings. The first-order chi connectivity index (χ1) is 6.65. The molecule has 0 saturated heterocycles. The number of amides is 1. The minimum absolute atomic E-state index is 0.204. The van der Waals surface area contributed by atoms with Crippen molar-refractivity contribution in [3.05, 3.63) is 28.8 Å². The number of nitrogens with two attached hydrogens (primary N) is 1. The van der Waals surface area contributed by atoms with Crippen molar-refractivity contribution in [1.82, 2.24) is 0 Å². The number of primary amides is 1. The highest BCUT2D eigenvalue weighted by atomic mass is 35.5. The molecule has 4 nitrogen and oxygen atoms in total. The van der Waals surface area contributed by atoms with Crippen LogP contribution in [0.3, 0.4) is 0 Å². The Labute approximate surface area is 85.8 Å². The molecule has 0 aliphatic heterocycles. The molecule has 0 atom stereocenters. The number of carbonyl (C=O) groups excluding carboxylic acids is 1. The molecule has 0 heterocycles. The lowest BCUT2D eigenvalue weighted by Gasteiger charge is -2.05. The highest BCUT2D eigenvalue weighted by Gasteiger charge is 2.07. The number of hydrogen-bond acceptors (Lipinski definition) is 3. The molecule has 14 heavy (non-hydrogen) atoms. The molecule has 5 heteroatoms. The van der Waals surface area contributed by atoms with E-state index in [4.69, 9.17) is 27.3 Å². The van der Waals surface area contributed by atoms with Gasteiger partial charge >= 0.3 is 0 Å². The van der Waals surface area contributed by atoms with Crippen LogP contribution in [0.2, 0.25) is 5.02 Å². The second-order valence-electron chi connectivity index (χ2n) is 2.48. The third-order valence-electron chi connectivity index (χ3n) is 1.46. The Morgan fingerprint density at radius 1 is 1.64 bits per heavy atom. The topological polar surface area (TPSA) is 76.1 Å². The summed E-state index contributed by atoms with van der Waals surface area (Å²) in [5.41, 5.74) is 5.09. The summed E-state index contributed by atoms with van der Waals surface area (Å²) in [6.07, 6.45) is 0. The Morgan fingerprint density at radius 3 is 2.93 bits per heavy atom. The third-order valence-corrected chi connectivity index (χ3v) is 1.77. The maximum absolute atomic E-state index is 10.4. The number of rotatable bonds is 3. The van der Waals surface area contributed by atoms with Gasteiger partial charge in [-0.05, 0) is 12.1 Å². The number of nitriles is 1. The first kappa shape index (κ1) is 10.4. The van der Waals surface area contributed by atoms with Crippen LogP contribution >= 0.6 is 11.6 Å². The van der Waals surface area contributed by atoms with Crippen molar-refractivity contribution in [2.75, 3.05) is 6.61 Å². The predicted molar refractivity (Wildman–Crippen MR) is 50.9 cm³/mol. The highest BCUT2D eigenvalue weighted by molar-refractivity contribution is 6.31. The average Bonchev–Trinajstić information content (AvgIpc) is 2.14. The molecule has 0 aromatic heterocycles. The molecule has 0 saturated carbocycles. The summed E-state index contributed by atoms with van der Waals surface area (Å²) in [6, 6.07) is 6.62. The maximum Gasteiger partial charge on any atom is 0.255 e. The quantitative estimate of drug-likeness (QED) is 0.811. The number of nitrogens with zero attached hydrogens (tertiary/aromatic N) is 1. The molecule has 0 aliphatic carbocycles. The lowest BCUT2D eigenvalue weighted by atomic mass is 10.2. The van der Waals surface area contributed by atoms with E-state index >= 15 is 0 Å². The lowest BCUT2D eigenvalue weighted by molar-refractivity contribution is -0.119. The van der Waals surface area contributed by atoms with E-state index in [-0.39, 0.29) is 22.9 Å². The first-order valence-corrected chi connectivity index (χ1v) is 4.12. The van der Waals surface area contributed by atoms with Crippen LogP contribution in [0.5, 0.6) is 5.75 Å². The molecule has 0 radical (unpaired) electrons. The summed E-state index contributed by atoms with van der Waals surface area (Å²) in [6.45, 7) is -0.269. The van der Waals surface area contributed by atoms with Crippen molar-refractivity contribution in [2.45, 2.75) is 0 Å². The molecule has 1 amide bonds. The number of halogens is 1. The van der Waals surface area contributed by atoms with Gasteiger partial charge in [-0.3, -0.25) is 4.79 Å². The van der Waals surface area contributed by atoms with Gasteiger partial charge in [0.1, 0.15) is 17.4 Å². The van der Waals surface area contributed by atoms with E-state index in [0.717, 1.165) is 0 Å². The van der Waals surface area contributed by atoms with Crippen LogP contribution in [0.25, 0.3) is 0 Å². The normalized spacial score (nSPS) is 9.14. The molecular formula is C9H7ClN2O2. The maximum atomic E-state index is 10.4. The summed E-state index contributed by atoms with van der Waals surface area (Å²) in [5.74, 6) is -0.340. The van der Waals surface area contributed by atoms with Crippen molar-refractivity contribution in [3.8, 4) is 11.8 Å². The Hall–Kier alpha value is -1.73. The van der Waals surface area contributed by atoms with Gasteiger partial charge in [-0.1, -0.05) is 17.7 Å². The van der Waals surface area contributed by atoms with Gasteiger partial charge in [0.15, 0.2) is 6.61 Å². The SMILES string of the molecule is N#Cc1c(Cl)cccc1OCC(N)=O. The van der Waals surface area contributed by atoms with Crippen LogP contribution in [0.4, 0.5) is 0 Å². The lowest BCUT2D eigenvalue weighted by Crippen LogP contribution is -2.20. The second kappa shape index (κ2) is 4.49. The largest absolute Gasteiger partial charge is 0.482 e. The minimum atomic E-state index is -0.603. The Kier molecular flexibility index (Phi) is 3.32. The number of benzene rings is 1. The molecule has 2 N–H and O–H groups in total. The number of ether oxygens (including phenoxy) is 1. The van der Waals surface area contributed by atoms with Crippen LogP contribution in [-0.2, 0) is 4.79 Å². The summed E-state index contributed by atoms with van der Waals surface area (Å²) >= 11 is 5.73. The smallest absolute Gasteiger partial charge is 0.255 e. The Bertz CT molecular complexity index is 398. The molecule has 0 unspecified atom stereocenters. The van der Waals surface area contributed by atoms with Crippen molar-refractivity contribution in [3.63, 3.8) is 0 Å².